The Labute approximate surface area is 136 Å². The van der Waals surface area contributed by atoms with Gasteiger partial charge in [-0.15, -0.1) is 0 Å². The van der Waals surface area contributed by atoms with E-state index in [-0.39, 0.29) is 12.0 Å². The van der Waals surface area contributed by atoms with Crippen molar-refractivity contribution in [2.45, 2.75) is 58.0 Å². The van der Waals surface area contributed by atoms with E-state index in [1.807, 2.05) is 0 Å². The zero-order chi connectivity index (χ0) is 18.0. The van der Waals surface area contributed by atoms with Crippen molar-refractivity contribution in [1.29, 1.82) is 0 Å². The van der Waals surface area contributed by atoms with Crippen LogP contribution < -0.4 is 5.32 Å². The quantitative estimate of drug-likeness (QED) is 0.388. The predicted octanol–water partition coefficient (Wildman–Crippen LogP) is 0.859. The molecule has 0 aliphatic carbocycles. The second-order valence-corrected chi connectivity index (χ2v) is 6.57. The van der Waals surface area contributed by atoms with Gasteiger partial charge in [0, 0.05) is 5.54 Å². The first kappa shape index (κ1) is 21.3. The average Bonchev–Trinajstić information content (AvgIpc) is 2.34. The van der Waals surface area contributed by atoms with Gasteiger partial charge in [0.05, 0.1) is 13.1 Å². The smallest absolute Gasteiger partial charge is 0.320 e. The molecule has 0 rings (SSSR count). The van der Waals surface area contributed by atoms with Crippen LogP contribution in [0.3, 0.4) is 0 Å². The number of carbonyl (C=O) groups is 3. The highest BCUT2D eigenvalue weighted by Gasteiger charge is 2.28. The van der Waals surface area contributed by atoms with E-state index in [0.29, 0.717) is 6.42 Å². The standard InChI is InChI=1S/C15H28N2O6/c1-15(2,3)16-8-6-4-5-7-11(14(22)23)17(9-12(18)19)10-13(20)21/h11,16H,4-10H2,1-3H3,(H,18,19)(H,20,21)(H,22,23). The molecule has 0 amide bonds. The topological polar surface area (TPSA) is 127 Å². The summed E-state index contributed by atoms with van der Waals surface area (Å²) < 4.78 is 0. The van der Waals surface area contributed by atoms with Crippen molar-refractivity contribution in [2.75, 3.05) is 19.6 Å². The minimum absolute atomic E-state index is 0.0311. The van der Waals surface area contributed by atoms with E-state index < -0.39 is 37.0 Å². The van der Waals surface area contributed by atoms with Crippen LogP contribution in [-0.2, 0) is 14.4 Å². The monoisotopic (exact) mass is 332 g/mol. The number of aliphatic carboxylic acids is 3. The Morgan fingerprint density at radius 2 is 1.48 bits per heavy atom. The van der Waals surface area contributed by atoms with Gasteiger partial charge in [-0.25, -0.2) is 0 Å². The van der Waals surface area contributed by atoms with E-state index in [1.165, 1.54) is 0 Å². The second kappa shape index (κ2) is 10.2. The van der Waals surface area contributed by atoms with Crippen molar-refractivity contribution >= 4 is 17.9 Å². The van der Waals surface area contributed by atoms with Gasteiger partial charge < -0.3 is 20.6 Å². The largest absolute Gasteiger partial charge is 0.480 e. The van der Waals surface area contributed by atoms with Gasteiger partial charge in [0.1, 0.15) is 6.04 Å². The average molecular weight is 332 g/mol. The van der Waals surface area contributed by atoms with Crippen LogP contribution in [0.4, 0.5) is 0 Å². The molecule has 0 bridgehead atoms. The van der Waals surface area contributed by atoms with Crippen molar-refractivity contribution < 1.29 is 29.7 Å². The van der Waals surface area contributed by atoms with E-state index in [1.54, 1.807) is 0 Å². The molecule has 0 fully saturated rings. The summed E-state index contributed by atoms with van der Waals surface area (Å²) in [4.78, 5) is 33.9. The molecule has 0 aromatic carbocycles. The fraction of sp³-hybridized carbons (Fsp3) is 0.800. The van der Waals surface area contributed by atoms with Crippen LogP contribution in [-0.4, -0.2) is 69.3 Å². The molecule has 23 heavy (non-hydrogen) atoms. The highest BCUT2D eigenvalue weighted by molar-refractivity contribution is 5.78. The Hall–Kier alpha value is -1.67. The van der Waals surface area contributed by atoms with Crippen molar-refractivity contribution in [1.82, 2.24) is 10.2 Å². The number of carboxylic acid groups (broad SMARTS) is 3. The summed E-state index contributed by atoms with van der Waals surface area (Å²) in [6.45, 7) is 5.79. The Morgan fingerprint density at radius 3 is 1.87 bits per heavy atom. The number of carboxylic acids is 3. The molecule has 1 unspecified atom stereocenters. The maximum atomic E-state index is 11.3. The third kappa shape index (κ3) is 11.5. The molecule has 134 valence electrons. The first-order chi connectivity index (χ1) is 10.5. The molecular weight excluding hydrogens is 304 g/mol. The van der Waals surface area contributed by atoms with Gasteiger partial charge in [-0.2, -0.15) is 0 Å². The summed E-state index contributed by atoms with van der Waals surface area (Å²) in [5.74, 6) is -3.68. The van der Waals surface area contributed by atoms with E-state index in [9.17, 15) is 19.5 Å². The summed E-state index contributed by atoms with van der Waals surface area (Å²) in [5, 5.41) is 30.2. The summed E-state index contributed by atoms with van der Waals surface area (Å²) >= 11 is 0. The number of nitrogens with zero attached hydrogens (tertiary/aromatic N) is 1. The molecule has 4 N–H and O–H groups in total. The van der Waals surface area contributed by atoms with Gasteiger partial charge in [0.2, 0.25) is 0 Å². The van der Waals surface area contributed by atoms with Crippen LogP contribution in [0.1, 0.15) is 46.5 Å². The van der Waals surface area contributed by atoms with Gasteiger partial charge in [-0.05, 0) is 40.2 Å². The highest BCUT2D eigenvalue weighted by atomic mass is 16.4. The van der Waals surface area contributed by atoms with Crippen LogP contribution in [0.2, 0.25) is 0 Å². The molecule has 8 nitrogen and oxygen atoms in total. The van der Waals surface area contributed by atoms with Gasteiger partial charge in [-0.3, -0.25) is 19.3 Å². The minimum atomic E-state index is -1.24. The lowest BCUT2D eigenvalue weighted by atomic mass is 10.1. The fourth-order valence-corrected chi connectivity index (χ4v) is 2.19. The predicted molar refractivity (Wildman–Crippen MR) is 84.5 cm³/mol. The second-order valence-electron chi connectivity index (χ2n) is 6.57. The Morgan fingerprint density at radius 1 is 0.957 bits per heavy atom. The van der Waals surface area contributed by atoms with Crippen LogP contribution in [0.15, 0.2) is 0 Å². The lowest BCUT2D eigenvalue weighted by Gasteiger charge is -2.25. The van der Waals surface area contributed by atoms with Gasteiger partial charge in [-0.1, -0.05) is 12.8 Å². The Balaban J connectivity index is 4.39. The number of nitrogens with one attached hydrogen (secondary N) is 1. The molecule has 8 heteroatoms. The molecule has 0 aromatic rings. The van der Waals surface area contributed by atoms with Gasteiger partial charge >= 0.3 is 17.9 Å². The van der Waals surface area contributed by atoms with Gasteiger partial charge in [0.25, 0.3) is 0 Å². The summed E-state index contributed by atoms with van der Waals surface area (Å²) in [7, 11) is 0. The fourth-order valence-electron chi connectivity index (χ4n) is 2.19. The maximum absolute atomic E-state index is 11.3. The highest BCUT2D eigenvalue weighted by Crippen LogP contribution is 2.11. The normalized spacial score (nSPS) is 13.0. The van der Waals surface area contributed by atoms with Crippen molar-refractivity contribution in [3.63, 3.8) is 0 Å². The van der Waals surface area contributed by atoms with Crippen LogP contribution >= 0.6 is 0 Å². The Bertz CT molecular complexity index is 389. The zero-order valence-corrected chi connectivity index (χ0v) is 14.0. The van der Waals surface area contributed by atoms with Gasteiger partial charge in [0.15, 0.2) is 0 Å². The van der Waals surface area contributed by atoms with E-state index >= 15 is 0 Å². The molecule has 0 aliphatic heterocycles. The SMILES string of the molecule is CC(C)(C)NCCCCCC(C(=O)O)N(CC(=O)O)CC(=O)O. The molecule has 0 spiro atoms. The lowest BCUT2D eigenvalue weighted by Crippen LogP contribution is -2.46. The van der Waals surface area contributed by atoms with Crippen molar-refractivity contribution in [3.8, 4) is 0 Å². The van der Waals surface area contributed by atoms with Crippen LogP contribution in [0, 0.1) is 0 Å². The molecule has 0 saturated heterocycles. The molecular formula is C15H28N2O6. The zero-order valence-electron chi connectivity index (χ0n) is 14.0. The molecule has 0 radical (unpaired) electrons. The molecule has 0 aliphatic rings. The first-order valence-corrected chi connectivity index (χ1v) is 7.68. The van der Waals surface area contributed by atoms with Crippen molar-refractivity contribution in [3.05, 3.63) is 0 Å². The third-order valence-corrected chi connectivity index (χ3v) is 3.21. The number of unbranched alkanes of at least 4 members (excludes halogenated alkanes) is 2. The van der Waals surface area contributed by atoms with Crippen LogP contribution in [0.25, 0.3) is 0 Å². The molecule has 0 aromatic heterocycles. The van der Waals surface area contributed by atoms with E-state index in [4.69, 9.17) is 10.2 Å². The number of rotatable bonds is 12. The molecule has 0 saturated carbocycles. The lowest BCUT2D eigenvalue weighted by molar-refractivity contribution is -0.149. The maximum Gasteiger partial charge on any atom is 0.320 e. The summed E-state index contributed by atoms with van der Waals surface area (Å²) in [5.41, 5.74) is 0.0311. The third-order valence-electron chi connectivity index (χ3n) is 3.21. The van der Waals surface area contributed by atoms with E-state index in [2.05, 4.69) is 26.1 Å². The summed E-state index contributed by atoms with van der Waals surface area (Å²) in [6.07, 6.45) is 2.49. The number of hydrogen-bond acceptors (Lipinski definition) is 5. The van der Waals surface area contributed by atoms with Crippen molar-refractivity contribution in [2.24, 2.45) is 0 Å². The Kier molecular flexibility index (Phi) is 9.43. The number of hydrogen-bond donors (Lipinski definition) is 4. The minimum Gasteiger partial charge on any atom is -0.480 e. The van der Waals surface area contributed by atoms with Crippen LogP contribution in [0.5, 0.6) is 0 Å². The van der Waals surface area contributed by atoms with E-state index in [0.717, 1.165) is 24.3 Å². The molecule has 1 atom stereocenters. The summed E-state index contributed by atoms with van der Waals surface area (Å²) in [6, 6.07) is -1.10. The first-order valence-electron chi connectivity index (χ1n) is 7.68. The molecule has 0 heterocycles.